The monoisotopic (exact) mass is 1450 g/mol. The van der Waals surface area contributed by atoms with Crippen LogP contribution in [-0.2, 0) is 50.0 Å². The lowest BCUT2D eigenvalue weighted by Gasteiger charge is -2.32. The minimum absolute atomic E-state index is 0.0256. The van der Waals surface area contributed by atoms with E-state index in [1.54, 1.807) is 20.8 Å². The van der Waals surface area contributed by atoms with E-state index in [1.165, 1.54) is 30.4 Å². The van der Waals surface area contributed by atoms with Gasteiger partial charge in [0.1, 0.15) is 11.5 Å². The normalized spacial score (nSPS) is 14.3. The Hall–Kier alpha value is -3.40. The topological polar surface area (TPSA) is 212 Å². The van der Waals surface area contributed by atoms with Gasteiger partial charge in [0, 0.05) is 0 Å². The van der Waals surface area contributed by atoms with Gasteiger partial charge < -0.3 is 12.9 Å². The first kappa shape index (κ1) is 71.6. The number of rotatable bonds is 18. The van der Waals surface area contributed by atoms with Crippen LogP contribution in [0.5, 0.6) is 11.5 Å². The second kappa shape index (κ2) is 26.0. The Labute approximate surface area is 460 Å². The first-order valence-corrected chi connectivity index (χ1v) is 30.5. The van der Waals surface area contributed by atoms with Crippen LogP contribution >= 0.6 is 0 Å². The van der Waals surface area contributed by atoms with Crippen molar-refractivity contribution in [3.05, 3.63) is 126 Å². The fourth-order valence-electron chi connectivity index (χ4n) is 4.96. The van der Waals surface area contributed by atoms with Gasteiger partial charge in [0.25, 0.3) is 55.0 Å². The summed E-state index contributed by atoms with van der Waals surface area (Å²) in [6.07, 6.45) is 1.22. The first-order chi connectivity index (χ1) is 34.4. The average Bonchev–Trinajstić information content (AvgIpc) is 3.29. The summed E-state index contributed by atoms with van der Waals surface area (Å²) in [6.45, 7) is 11.2. The second-order valence-electron chi connectivity index (χ2n) is 15.9. The fourth-order valence-corrected chi connectivity index (χ4v) is 11.4. The third-order valence-electron chi connectivity index (χ3n) is 10.0. The molecule has 0 aromatic heterocycles. The molecule has 438 valence electrons. The summed E-state index contributed by atoms with van der Waals surface area (Å²) in [4.78, 5) is 0. The summed E-state index contributed by atoms with van der Waals surface area (Å²) in [6, 6.07) is 24.7. The maximum absolute atomic E-state index is 14.0. The Morgan fingerprint density at radius 3 is 0.948 bits per heavy atom. The molecular formula is C42H44F15I2O13S5+. The van der Waals surface area contributed by atoms with Crippen LogP contribution in [-0.4, -0.2) is 90.1 Å². The number of alkyl halides is 15. The van der Waals surface area contributed by atoms with Crippen molar-refractivity contribution in [1.29, 1.82) is 0 Å². The molecule has 0 spiro atoms. The Kier molecular flexibility index (Phi) is 24.2. The van der Waals surface area contributed by atoms with Crippen molar-refractivity contribution in [2.45, 2.75) is 105 Å². The van der Waals surface area contributed by atoms with Crippen molar-refractivity contribution >= 4 is 50.0 Å². The van der Waals surface area contributed by atoms with Crippen LogP contribution in [0.25, 0.3) is 0 Å². The lowest BCUT2D eigenvalue weighted by atomic mass is 9.99. The smallest absolute Gasteiger partial charge is 0.498 e. The number of hydrogen-bond acceptors (Lipinski definition) is 13. The van der Waals surface area contributed by atoms with Gasteiger partial charge in [0.15, 0.2) is 22.3 Å². The van der Waals surface area contributed by atoms with Crippen molar-refractivity contribution < 1.29 is 166 Å². The zero-order valence-corrected chi connectivity index (χ0v) is 48.6. The minimum atomic E-state index is -7.58. The zero-order valence-electron chi connectivity index (χ0n) is 39.8. The minimum Gasteiger partial charge on any atom is -0.743 e. The van der Waals surface area contributed by atoms with Crippen LogP contribution in [0.4, 0.5) is 65.9 Å². The number of halogens is 17. The molecule has 0 N–H and O–H groups in total. The molecule has 0 heterocycles. The van der Waals surface area contributed by atoms with Gasteiger partial charge in [-0.15, -0.1) is 0 Å². The van der Waals surface area contributed by atoms with E-state index in [0.29, 0.717) is 36.1 Å². The predicted octanol–water partition coefficient (Wildman–Crippen LogP) is 4.21. The van der Waals surface area contributed by atoms with Crippen molar-refractivity contribution in [2.75, 3.05) is 5.08 Å². The van der Waals surface area contributed by atoms with Gasteiger partial charge in [-0.2, -0.15) is 82.7 Å². The van der Waals surface area contributed by atoms with Crippen molar-refractivity contribution in [1.82, 2.24) is 0 Å². The molecule has 0 fully saturated rings. The molecule has 0 amide bonds. The van der Waals surface area contributed by atoms with Gasteiger partial charge in [-0.25, -0.2) is 25.3 Å². The SMILES string of the molecule is CCC(C)c1ccc(OS(=O)(=O)C(F)(F)C(F)(F)C(F)(F)S(=O)(=O)CS(=O)(=O)C(F)(F)F)cc1.CCC(C)c1ccc(OS(=O)(=O)C(F)(F)C(F)(F)C(F)(F)S(=O)(=O)[O-])cc1.Cc1ccc([IH+])cc1.Cc1ccc([IH+])cc1. The van der Waals surface area contributed by atoms with E-state index in [4.69, 9.17) is 0 Å². The standard InChI is InChI=1S/C15H15F9O7S3.C13H14F6O6S2.2C7H8I/c1-3-9(2)10-4-6-11(7-5-10)31-34(29,30)14(20,21)12(16,17)13(18,19)32(25,26)8-33(27,28)15(22,23)24;1-3-8(2)9-4-6-10(7-5-9)25-27(23,24)13(18,19)11(14,15)12(16,17)26(20,21)22;2*1-6-2-4-7(8)5-3-6/h4-7,9H,3,8H2,1-2H3;4-8H,3H2,1-2H3,(H,20,21,22);2*2-5,8H,1H3/q;;2*+1/p-1. The maximum atomic E-state index is 14.0. The Morgan fingerprint density at radius 2 is 0.714 bits per heavy atom. The Balaban J connectivity index is 0.000000602. The zero-order chi connectivity index (χ0) is 60.6. The Bertz CT molecular complexity index is 3080. The van der Waals surface area contributed by atoms with Gasteiger partial charge in [0.05, 0.1) is 0 Å². The molecule has 2 unspecified atom stereocenters. The number of hydrogen-bond donors (Lipinski definition) is 0. The number of sulfone groups is 2. The number of benzene rings is 4. The average molecular weight is 1460 g/mol. The van der Waals surface area contributed by atoms with E-state index in [0.717, 1.165) is 24.3 Å². The summed E-state index contributed by atoms with van der Waals surface area (Å²) in [5, 5.41) is -31.8. The molecule has 4 rings (SSSR count). The van der Waals surface area contributed by atoms with Gasteiger partial charge in [0.2, 0.25) is 9.84 Å². The highest BCUT2D eigenvalue weighted by Crippen LogP contribution is 2.53. The van der Waals surface area contributed by atoms with Crippen LogP contribution in [0.2, 0.25) is 0 Å². The first-order valence-electron chi connectivity index (χ1n) is 20.7. The molecule has 77 heavy (non-hydrogen) atoms. The molecule has 0 aliphatic rings. The number of aryl methyl sites for hydroxylation is 2. The molecule has 35 heteroatoms. The van der Waals surface area contributed by atoms with Gasteiger partial charge >= 0.3 is 58.6 Å². The third kappa shape index (κ3) is 17.1. The van der Waals surface area contributed by atoms with Gasteiger partial charge in [-0.3, -0.25) is 0 Å². The Morgan fingerprint density at radius 1 is 0.442 bits per heavy atom. The molecule has 13 nitrogen and oxygen atoms in total. The van der Waals surface area contributed by atoms with E-state index in [-0.39, 0.29) is 11.8 Å². The molecule has 0 bridgehead atoms. The van der Waals surface area contributed by atoms with E-state index < -0.39 is 105 Å². The van der Waals surface area contributed by atoms with Crippen LogP contribution in [0.1, 0.15) is 74.6 Å². The highest BCUT2D eigenvalue weighted by molar-refractivity contribution is 8.09. The van der Waals surface area contributed by atoms with Gasteiger partial charge in [-0.1, -0.05) is 87.4 Å². The highest BCUT2D eigenvalue weighted by atomic mass is 127. The lowest BCUT2D eigenvalue weighted by Crippen LogP contribution is -3.34. The summed E-state index contributed by atoms with van der Waals surface area (Å²) in [5.74, 6) is -16.7. The van der Waals surface area contributed by atoms with Crippen molar-refractivity contribution in [3.63, 3.8) is 0 Å². The third-order valence-corrected chi connectivity index (χ3v) is 19.3. The summed E-state index contributed by atoms with van der Waals surface area (Å²) >= 11 is 4.06. The molecular weight excluding hydrogens is 1410 g/mol. The van der Waals surface area contributed by atoms with Crippen LogP contribution in [0.3, 0.4) is 0 Å². The highest BCUT2D eigenvalue weighted by Gasteiger charge is 2.84. The fraction of sp³-hybridized carbons (Fsp3) is 0.429. The van der Waals surface area contributed by atoms with Crippen molar-refractivity contribution in [2.24, 2.45) is 0 Å². The van der Waals surface area contributed by atoms with Crippen LogP contribution in [0.15, 0.2) is 97.1 Å². The van der Waals surface area contributed by atoms with Gasteiger partial charge in [-0.05, 0) is 98.2 Å². The molecule has 0 aliphatic heterocycles. The summed E-state index contributed by atoms with van der Waals surface area (Å²) < 4.78 is 332. The van der Waals surface area contributed by atoms with E-state index in [1.807, 2.05) is 52.1 Å². The molecule has 0 radical (unpaired) electrons. The molecule has 0 aliphatic carbocycles. The molecule has 4 aromatic carbocycles. The van der Waals surface area contributed by atoms with E-state index in [9.17, 15) is 112 Å². The molecule has 2 atom stereocenters. The summed E-state index contributed by atoms with van der Waals surface area (Å²) in [7, 11) is -35.9. The van der Waals surface area contributed by atoms with Crippen LogP contribution in [0, 0.1) is 21.0 Å². The lowest BCUT2D eigenvalue weighted by molar-refractivity contribution is -0.328. The quantitative estimate of drug-likeness (QED) is 0.0592. The maximum Gasteiger partial charge on any atom is 0.498 e. The van der Waals surface area contributed by atoms with E-state index in [2.05, 4.69) is 70.7 Å². The summed E-state index contributed by atoms with van der Waals surface area (Å²) in [5.41, 5.74) is -2.75. The molecule has 0 saturated heterocycles. The second-order valence-corrected chi connectivity index (χ2v) is 27.6. The molecule has 4 aromatic rings. The van der Waals surface area contributed by atoms with Crippen LogP contribution < -0.4 is 53.5 Å². The van der Waals surface area contributed by atoms with Crippen molar-refractivity contribution in [3.8, 4) is 11.5 Å². The largest absolute Gasteiger partial charge is 0.743 e. The predicted molar refractivity (Wildman–Crippen MR) is 240 cm³/mol. The van der Waals surface area contributed by atoms with E-state index >= 15 is 0 Å². The molecule has 0 saturated carbocycles.